The second kappa shape index (κ2) is 14.4. The largest absolute Gasteiger partial charge is 0.851 e. The van der Waals surface area contributed by atoms with Crippen molar-refractivity contribution in [1.29, 1.82) is 0 Å². The van der Waals surface area contributed by atoms with E-state index >= 15 is 0 Å². The van der Waals surface area contributed by atoms with Gasteiger partial charge in [0.1, 0.15) is 18.8 Å². The van der Waals surface area contributed by atoms with Crippen LogP contribution in [0.15, 0.2) is 30.5 Å². The van der Waals surface area contributed by atoms with Crippen LogP contribution in [0.5, 0.6) is 0 Å². The fourth-order valence-corrected chi connectivity index (χ4v) is 5.50. The molecule has 1 aromatic heterocycles. The van der Waals surface area contributed by atoms with E-state index in [0.29, 0.717) is 24.7 Å². The van der Waals surface area contributed by atoms with Gasteiger partial charge in [-0.15, -0.1) is 22.4 Å². The van der Waals surface area contributed by atoms with Crippen LogP contribution < -0.4 is 15.1 Å². The number of carbonyl (C=O) groups is 3. The Bertz CT molecular complexity index is 1220. The Kier molecular flexibility index (Phi) is 10.9. The molecule has 2 atom stereocenters. The van der Waals surface area contributed by atoms with E-state index in [4.69, 9.17) is 9.57 Å². The van der Waals surface area contributed by atoms with Crippen LogP contribution in [0.2, 0.25) is 0 Å². The maximum atomic E-state index is 12.3. The summed E-state index contributed by atoms with van der Waals surface area (Å²) < 4.78 is 8.15. The summed E-state index contributed by atoms with van der Waals surface area (Å²) in [5.74, 6) is -2.83. The van der Waals surface area contributed by atoms with Gasteiger partial charge in [0.05, 0.1) is 40.0 Å². The number of nitrogens with zero attached hydrogens (tertiary/aromatic N) is 6. The Morgan fingerprint density at radius 2 is 1.77 bits per heavy atom. The minimum atomic E-state index is -0.893. The first kappa shape index (κ1) is 32.5. The molecule has 0 spiro atoms. The highest BCUT2D eigenvalue weighted by Crippen LogP contribution is 2.39. The highest BCUT2D eigenvalue weighted by molar-refractivity contribution is 6.01. The molecule has 4 rings (SSSR count). The predicted molar refractivity (Wildman–Crippen MR) is 152 cm³/mol. The smallest absolute Gasteiger partial charge is 0.358 e. The van der Waals surface area contributed by atoms with Gasteiger partial charge in [-0.2, -0.15) is 0 Å². The summed E-state index contributed by atoms with van der Waals surface area (Å²) in [4.78, 5) is 42.4. The number of rotatable bonds is 16. The summed E-state index contributed by atoms with van der Waals surface area (Å²) in [6.07, 6.45) is 2.51. The summed E-state index contributed by atoms with van der Waals surface area (Å²) in [6, 6.07) is 7.44. The second-order valence-corrected chi connectivity index (χ2v) is 12.1. The monoisotopic (exact) mass is 599 g/mol. The number of hydrogen-bond acceptors (Lipinski definition) is 10. The van der Waals surface area contributed by atoms with Crippen LogP contribution in [0.1, 0.15) is 56.7 Å². The van der Waals surface area contributed by atoms with Gasteiger partial charge in [0.15, 0.2) is 0 Å². The molecule has 2 aliphatic rings. The van der Waals surface area contributed by atoms with Crippen molar-refractivity contribution in [2.24, 2.45) is 5.92 Å². The van der Waals surface area contributed by atoms with E-state index in [1.807, 2.05) is 30.5 Å². The van der Waals surface area contributed by atoms with E-state index in [1.165, 1.54) is 0 Å². The highest BCUT2D eigenvalue weighted by atomic mass is 16.7. The molecule has 236 valence electrons. The van der Waals surface area contributed by atoms with E-state index in [1.54, 1.807) is 11.6 Å². The normalized spacial score (nSPS) is 22.1. The molecule has 2 aromatic rings. The zero-order valence-electron chi connectivity index (χ0n) is 25.5. The third-order valence-electron chi connectivity index (χ3n) is 8.20. The number of aromatic nitrogens is 3. The molecule has 0 radical (unpaired) electrons. The molecule has 1 saturated heterocycles. The van der Waals surface area contributed by atoms with E-state index in [2.05, 4.69) is 36.2 Å². The SMILES string of the molecule is CCCC[N+](C)(C)Cc1cn(CCN(CCOCC(=O)ON2C(=O)CCC2=O)c2ccc(C3C([O-])C(C)C3[O-])cc2)nn1. The van der Waals surface area contributed by atoms with Crippen molar-refractivity contribution in [3.05, 3.63) is 41.7 Å². The Hall–Kier alpha value is -3.39. The Morgan fingerprint density at radius 3 is 2.42 bits per heavy atom. The first-order chi connectivity index (χ1) is 20.5. The van der Waals surface area contributed by atoms with Crippen molar-refractivity contribution < 1.29 is 38.7 Å². The molecular formula is C30H43N6O7-. The number of carbonyl (C=O) groups excluding carboxylic acids is 3. The van der Waals surface area contributed by atoms with Crippen LogP contribution in [0, 0.1) is 5.92 Å². The zero-order chi connectivity index (χ0) is 31.1. The van der Waals surface area contributed by atoms with Gasteiger partial charge in [0.25, 0.3) is 11.8 Å². The number of imide groups is 1. The van der Waals surface area contributed by atoms with Crippen molar-refractivity contribution in [1.82, 2.24) is 20.1 Å². The number of quaternary nitrogens is 1. The summed E-state index contributed by atoms with van der Waals surface area (Å²) in [6.45, 7) is 6.98. The number of ether oxygens (including phenoxy) is 1. The number of anilines is 1. The maximum absolute atomic E-state index is 12.3. The number of amides is 2. The van der Waals surface area contributed by atoms with Gasteiger partial charge in [0, 0.05) is 31.6 Å². The average molecular weight is 600 g/mol. The van der Waals surface area contributed by atoms with E-state index in [9.17, 15) is 24.6 Å². The third kappa shape index (κ3) is 8.37. The molecule has 1 aliphatic carbocycles. The minimum absolute atomic E-state index is 0.0223. The molecule has 2 heterocycles. The van der Waals surface area contributed by atoms with E-state index in [-0.39, 0.29) is 25.4 Å². The molecule has 1 aromatic carbocycles. The van der Waals surface area contributed by atoms with Crippen LogP contribution in [0.25, 0.3) is 0 Å². The number of unbranched alkanes of at least 4 members (excludes halogenated alkanes) is 1. The van der Waals surface area contributed by atoms with Crippen LogP contribution in [0.3, 0.4) is 0 Å². The molecule has 0 bridgehead atoms. The standard InChI is InChI=1S/C30H43N6O7/c1-5-6-16-36(3,4)19-23-18-34(32-31-23)14-13-33(15-17-42-20-27(39)43-35-25(37)11-12-26(35)38)24-9-7-22(8-10-24)28-29(40)21(2)30(28)41/h7-10,18,21,28-30H,5-6,11-17,19-20H2,1-4H3/q-1. The Labute approximate surface area is 252 Å². The van der Waals surface area contributed by atoms with Crippen molar-refractivity contribution in [3.8, 4) is 0 Å². The molecule has 2 unspecified atom stereocenters. The topological polar surface area (TPSA) is 153 Å². The second-order valence-electron chi connectivity index (χ2n) is 12.1. The molecule has 13 nitrogen and oxygen atoms in total. The molecule has 43 heavy (non-hydrogen) atoms. The first-order valence-corrected chi connectivity index (χ1v) is 15.0. The molecule has 1 saturated carbocycles. The highest BCUT2D eigenvalue weighted by Gasteiger charge is 2.34. The van der Waals surface area contributed by atoms with Crippen molar-refractivity contribution >= 4 is 23.5 Å². The lowest BCUT2D eigenvalue weighted by Gasteiger charge is -2.60. The van der Waals surface area contributed by atoms with Gasteiger partial charge in [-0.25, -0.2) is 4.79 Å². The van der Waals surface area contributed by atoms with Crippen LogP contribution in [-0.4, -0.2) is 101 Å². The molecular weight excluding hydrogens is 556 g/mol. The van der Waals surface area contributed by atoms with Crippen molar-refractivity contribution in [2.45, 2.75) is 70.7 Å². The maximum Gasteiger partial charge on any atom is 0.358 e. The number of hydroxylamine groups is 2. The predicted octanol–water partition coefficient (Wildman–Crippen LogP) is -0.0239. The lowest BCUT2D eigenvalue weighted by atomic mass is 9.67. The van der Waals surface area contributed by atoms with Gasteiger partial charge in [-0.05, 0) is 30.0 Å². The third-order valence-corrected chi connectivity index (χ3v) is 8.20. The average Bonchev–Trinajstić information content (AvgIpc) is 3.56. The fraction of sp³-hybridized carbons (Fsp3) is 0.633. The fourth-order valence-electron chi connectivity index (χ4n) is 5.50. The lowest BCUT2D eigenvalue weighted by Crippen LogP contribution is -2.64. The van der Waals surface area contributed by atoms with Gasteiger partial charge < -0.3 is 29.2 Å². The Balaban J connectivity index is 1.35. The minimum Gasteiger partial charge on any atom is -0.851 e. The lowest BCUT2D eigenvalue weighted by molar-refractivity contribution is -0.904. The van der Waals surface area contributed by atoms with E-state index < -0.39 is 42.5 Å². The summed E-state index contributed by atoms with van der Waals surface area (Å²) in [5.41, 5.74) is 2.53. The molecule has 1 aliphatic heterocycles. The van der Waals surface area contributed by atoms with Crippen LogP contribution >= 0.6 is 0 Å². The van der Waals surface area contributed by atoms with Gasteiger partial charge >= 0.3 is 5.97 Å². The molecule has 2 amide bonds. The quantitative estimate of drug-likeness (QED) is 0.146. The number of benzene rings is 1. The van der Waals surface area contributed by atoms with Crippen molar-refractivity contribution in [3.63, 3.8) is 0 Å². The van der Waals surface area contributed by atoms with Crippen LogP contribution in [0.4, 0.5) is 5.69 Å². The van der Waals surface area contributed by atoms with Gasteiger partial charge in [0.2, 0.25) is 0 Å². The molecule has 0 N–H and O–H groups in total. The molecule has 2 fully saturated rings. The first-order valence-electron chi connectivity index (χ1n) is 15.0. The Morgan fingerprint density at radius 1 is 1.09 bits per heavy atom. The summed E-state index contributed by atoms with van der Waals surface area (Å²) in [5, 5.41) is 33.8. The van der Waals surface area contributed by atoms with Crippen molar-refractivity contribution in [2.75, 3.05) is 51.8 Å². The van der Waals surface area contributed by atoms with Gasteiger partial charge in [-0.3, -0.25) is 14.3 Å². The zero-order valence-corrected chi connectivity index (χ0v) is 25.5. The van der Waals surface area contributed by atoms with Gasteiger partial charge in [-0.1, -0.05) is 43.5 Å². The summed E-state index contributed by atoms with van der Waals surface area (Å²) >= 11 is 0. The van der Waals surface area contributed by atoms with Crippen LogP contribution in [-0.2, 0) is 37.0 Å². The number of hydrogen-bond donors (Lipinski definition) is 0. The van der Waals surface area contributed by atoms with E-state index in [0.717, 1.165) is 47.4 Å². The molecule has 13 heteroatoms. The summed E-state index contributed by atoms with van der Waals surface area (Å²) in [7, 11) is 4.37.